The van der Waals surface area contributed by atoms with Crippen molar-refractivity contribution in [1.82, 2.24) is 5.48 Å². The fraction of sp³-hybridized carbons (Fsp3) is 0.368. The number of nitrogens with one attached hydrogen (secondary N) is 1. The summed E-state index contributed by atoms with van der Waals surface area (Å²) in [6, 6.07) is 17.1. The Morgan fingerprint density at radius 2 is 1.71 bits per heavy atom. The topological polar surface area (TPSA) is 21.3 Å². The van der Waals surface area contributed by atoms with E-state index in [1.165, 1.54) is 22.3 Å². The van der Waals surface area contributed by atoms with Crippen molar-refractivity contribution in [2.45, 2.75) is 33.7 Å². The average Bonchev–Trinajstić information content (AvgIpc) is 2.47. The van der Waals surface area contributed by atoms with Crippen LogP contribution in [0.2, 0.25) is 0 Å². The molecule has 0 aromatic heterocycles. The van der Waals surface area contributed by atoms with Crippen LogP contribution in [0.25, 0.3) is 0 Å². The molecule has 0 aliphatic rings. The first-order chi connectivity index (χ1) is 10.1. The van der Waals surface area contributed by atoms with Crippen LogP contribution >= 0.6 is 0 Å². The minimum atomic E-state index is 0.0600. The first-order valence-electron chi connectivity index (χ1n) is 7.57. The van der Waals surface area contributed by atoms with Crippen LogP contribution in [0.15, 0.2) is 48.5 Å². The monoisotopic (exact) mass is 283 g/mol. The van der Waals surface area contributed by atoms with Gasteiger partial charge in [-0.05, 0) is 36.5 Å². The second-order valence-corrected chi connectivity index (χ2v) is 6.03. The van der Waals surface area contributed by atoms with Crippen molar-refractivity contribution in [3.8, 4) is 0 Å². The Morgan fingerprint density at radius 3 is 2.38 bits per heavy atom. The molecule has 1 unspecified atom stereocenters. The van der Waals surface area contributed by atoms with Crippen LogP contribution in [0.3, 0.4) is 0 Å². The molecule has 0 aliphatic carbocycles. The highest BCUT2D eigenvalue weighted by atomic mass is 16.6. The second-order valence-electron chi connectivity index (χ2n) is 6.03. The first kappa shape index (κ1) is 15.7. The zero-order valence-electron chi connectivity index (χ0n) is 13.4. The molecule has 2 aromatic rings. The molecule has 0 saturated heterocycles. The third-order valence-corrected chi connectivity index (χ3v) is 3.50. The molecule has 1 atom stereocenters. The van der Waals surface area contributed by atoms with Gasteiger partial charge in [-0.15, -0.1) is 0 Å². The average molecular weight is 283 g/mol. The van der Waals surface area contributed by atoms with Crippen LogP contribution in [0.5, 0.6) is 0 Å². The Labute approximate surface area is 128 Å². The van der Waals surface area contributed by atoms with E-state index in [1.54, 1.807) is 0 Å². The molecule has 2 nitrogen and oxygen atoms in total. The van der Waals surface area contributed by atoms with Gasteiger partial charge in [0.2, 0.25) is 0 Å². The Bertz CT molecular complexity index is 563. The van der Waals surface area contributed by atoms with Crippen LogP contribution in [-0.2, 0) is 4.84 Å². The van der Waals surface area contributed by atoms with Crippen molar-refractivity contribution in [3.05, 3.63) is 70.8 Å². The fourth-order valence-corrected chi connectivity index (χ4v) is 2.33. The normalized spacial score (nSPS) is 12.6. The zero-order valence-corrected chi connectivity index (χ0v) is 13.4. The Balaban J connectivity index is 2.29. The van der Waals surface area contributed by atoms with Crippen molar-refractivity contribution >= 4 is 0 Å². The van der Waals surface area contributed by atoms with Crippen molar-refractivity contribution in [1.29, 1.82) is 0 Å². The maximum Gasteiger partial charge on any atom is 0.0824 e. The minimum absolute atomic E-state index is 0.0600. The van der Waals surface area contributed by atoms with Gasteiger partial charge in [0.1, 0.15) is 0 Å². The van der Waals surface area contributed by atoms with E-state index in [4.69, 9.17) is 4.84 Å². The highest BCUT2D eigenvalue weighted by Crippen LogP contribution is 2.26. The van der Waals surface area contributed by atoms with Gasteiger partial charge < -0.3 is 4.84 Å². The van der Waals surface area contributed by atoms with Crippen molar-refractivity contribution < 1.29 is 4.84 Å². The number of benzene rings is 2. The lowest BCUT2D eigenvalue weighted by atomic mass is 9.94. The number of hydrogen-bond acceptors (Lipinski definition) is 2. The van der Waals surface area contributed by atoms with E-state index in [-0.39, 0.29) is 6.04 Å². The third kappa shape index (κ3) is 4.42. The molecular weight excluding hydrogens is 258 g/mol. The van der Waals surface area contributed by atoms with Gasteiger partial charge in [-0.2, -0.15) is 5.48 Å². The number of hydrogen-bond donors (Lipinski definition) is 1. The third-order valence-electron chi connectivity index (χ3n) is 3.50. The van der Waals surface area contributed by atoms with Gasteiger partial charge in [-0.3, -0.25) is 0 Å². The minimum Gasteiger partial charge on any atom is -0.301 e. The summed E-state index contributed by atoms with van der Waals surface area (Å²) in [5.41, 5.74) is 8.28. The largest absolute Gasteiger partial charge is 0.301 e. The maximum absolute atomic E-state index is 5.71. The lowest BCUT2D eigenvalue weighted by molar-refractivity contribution is 0.00827. The highest BCUT2D eigenvalue weighted by Gasteiger charge is 2.16. The lowest BCUT2D eigenvalue weighted by Gasteiger charge is -2.22. The lowest BCUT2D eigenvalue weighted by Crippen LogP contribution is -2.25. The van der Waals surface area contributed by atoms with Gasteiger partial charge in [0.25, 0.3) is 0 Å². The van der Waals surface area contributed by atoms with Crippen molar-refractivity contribution in [2.24, 2.45) is 5.92 Å². The standard InChI is InChI=1S/C19H25NO/c1-14(2)13-21-20-19(17-8-6-5-7-9-17)18-12-15(3)10-11-16(18)4/h5-12,14,19-20H,13H2,1-4H3. The molecule has 1 N–H and O–H groups in total. The van der Waals surface area contributed by atoms with E-state index in [0.717, 1.165) is 0 Å². The van der Waals surface area contributed by atoms with Gasteiger partial charge in [0.05, 0.1) is 12.6 Å². The molecule has 2 aromatic carbocycles. The Hall–Kier alpha value is -1.64. The zero-order chi connectivity index (χ0) is 15.2. The molecule has 0 bridgehead atoms. The smallest absolute Gasteiger partial charge is 0.0824 e. The molecule has 21 heavy (non-hydrogen) atoms. The molecule has 0 radical (unpaired) electrons. The molecular formula is C19H25NO. The van der Waals surface area contributed by atoms with E-state index in [9.17, 15) is 0 Å². The predicted molar refractivity (Wildman–Crippen MR) is 88.1 cm³/mol. The molecule has 0 amide bonds. The van der Waals surface area contributed by atoms with Crippen LogP contribution in [-0.4, -0.2) is 6.61 Å². The molecule has 0 aliphatic heterocycles. The summed E-state index contributed by atoms with van der Waals surface area (Å²) in [7, 11) is 0. The Morgan fingerprint density at radius 1 is 1.00 bits per heavy atom. The van der Waals surface area contributed by atoms with E-state index in [0.29, 0.717) is 12.5 Å². The molecule has 0 spiro atoms. The van der Waals surface area contributed by atoms with Crippen LogP contribution < -0.4 is 5.48 Å². The maximum atomic E-state index is 5.71. The van der Waals surface area contributed by atoms with Crippen molar-refractivity contribution in [2.75, 3.05) is 6.61 Å². The van der Waals surface area contributed by atoms with Gasteiger partial charge in [-0.25, -0.2) is 0 Å². The summed E-state index contributed by atoms with van der Waals surface area (Å²) < 4.78 is 0. The summed E-state index contributed by atoms with van der Waals surface area (Å²) >= 11 is 0. The van der Waals surface area contributed by atoms with Crippen LogP contribution in [0.1, 0.15) is 42.1 Å². The summed E-state index contributed by atoms with van der Waals surface area (Å²) in [6.45, 7) is 9.28. The molecule has 0 saturated carbocycles. The summed E-state index contributed by atoms with van der Waals surface area (Å²) in [5.74, 6) is 0.507. The van der Waals surface area contributed by atoms with E-state index < -0.39 is 0 Å². The quantitative estimate of drug-likeness (QED) is 0.784. The van der Waals surface area contributed by atoms with Crippen LogP contribution in [0.4, 0.5) is 0 Å². The van der Waals surface area contributed by atoms with Gasteiger partial charge >= 0.3 is 0 Å². The molecule has 2 heteroatoms. The van der Waals surface area contributed by atoms with E-state index in [1.807, 2.05) is 6.07 Å². The highest BCUT2D eigenvalue weighted by molar-refractivity contribution is 5.38. The van der Waals surface area contributed by atoms with Gasteiger partial charge in [-0.1, -0.05) is 67.9 Å². The SMILES string of the molecule is Cc1ccc(C)c(C(NOCC(C)C)c2ccccc2)c1. The number of hydroxylamine groups is 1. The van der Waals surface area contributed by atoms with E-state index in [2.05, 4.69) is 75.6 Å². The van der Waals surface area contributed by atoms with Gasteiger partial charge in [0.15, 0.2) is 0 Å². The molecule has 0 fully saturated rings. The number of aryl methyl sites for hydroxylation is 2. The predicted octanol–water partition coefficient (Wildman–Crippen LogP) is 4.57. The summed E-state index contributed by atoms with van der Waals surface area (Å²) in [5, 5.41) is 0. The Kier molecular flexibility index (Phi) is 5.54. The molecule has 0 heterocycles. The first-order valence-corrected chi connectivity index (χ1v) is 7.57. The molecule has 112 valence electrons. The van der Waals surface area contributed by atoms with Crippen molar-refractivity contribution in [3.63, 3.8) is 0 Å². The van der Waals surface area contributed by atoms with Gasteiger partial charge in [0, 0.05) is 0 Å². The van der Waals surface area contributed by atoms with E-state index >= 15 is 0 Å². The fourth-order valence-electron chi connectivity index (χ4n) is 2.33. The van der Waals surface area contributed by atoms with Crippen LogP contribution in [0, 0.1) is 19.8 Å². The summed E-state index contributed by atoms with van der Waals surface area (Å²) in [6.07, 6.45) is 0. The summed E-state index contributed by atoms with van der Waals surface area (Å²) in [4.78, 5) is 5.71. The second kappa shape index (κ2) is 7.39. The number of rotatable bonds is 6. The molecule has 2 rings (SSSR count).